The van der Waals surface area contributed by atoms with E-state index in [1.54, 1.807) is 12.3 Å². The molecule has 0 spiro atoms. The van der Waals surface area contributed by atoms with Crippen LogP contribution in [0.25, 0.3) is 17.4 Å². The first-order valence-corrected chi connectivity index (χ1v) is 9.10. The number of Topliss-reactive ketones (excluding diaryl/α,β-unsaturated/α-hetero) is 2. The molecule has 0 fully saturated rings. The van der Waals surface area contributed by atoms with Gasteiger partial charge in [0.05, 0.1) is 5.57 Å². The van der Waals surface area contributed by atoms with Crippen molar-refractivity contribution in [3.05, 3.63) is 81.4 Å². The standard InChI is InChI=1S/C23H15F2NO3/c1-10-4-16-15(9-26-10)22-17(23(16,2)3)6-11(29-22)5-14-20(27)12-7-18(24)19(25)8-13(12)21(14)28/h4-9H,1-3H3. The summed E-state index contributed by atoms with van der Waals surface area (Å²) in [6.45, 7) is 6.06. The van der Waals surface area contributed by atoms with Crippen LogP contribution < -0.4 is 0 Å². The molecule has 0 radical (unpaired) electrons. The van der Waals surface area contributed by atoms with Crippen LogP contribution in [0.5, 0.6) is 0 Å². The van der Waals surface area contributed by atoms with Crippen molar-refractivity contribution >= 4 is 17.6 Å². The van der Waals surface area contributed by atoms with E-state index in [1.165, 1.54) is 6.08 Å². The third kappa shape index (κ3) is 2.32. The Morgan fingerprint density at radius 3 is 2.17 bits per heavy atom. The van der Waals surface area contributed by atoms with E-state index >= 15 is 0 Å². The number of aryl methyl sites for hydroxylation is 1. The molecular weight excluding hydrogens is 376 g/mol. The van der Waals surface area contributed by atoms with Crippen LogP contribution in [-0.2, 0) is 5.41 Å². The Morgan fingerprint density at radius 1 is 0.931 bits per heavy atom. The van der Waals surface area contributed by atoms with E-state index in [0.29, 0.717) is 11.5 Å². The molecule has 0 unspecified atom stereocenters. The van der Waals surface area contributed by atoms with Crippen LogP contribution in [0.2, 0.25) is 0 Å². The summed E-state index contributed by atoms with van der Waals surface area (Å²) in [6.07, 6.45) is 3.10. The van der Waals surface area contributed by atoms with Crippen LogP contribution in [0.1, 0.15) is 57.1 Å². The van der Waals surface area contributed by atoms with Crippen molar-refractivity contribution in [1.82, 2.24) is 4.98 Å². The number of allylic oxidation sites excluding steroid dienone is 1. The Morgan fingerprint density at radius 2 is 1.55 bits per heavy atom. The number of fused-ring (bicyclic) bond motifs is 4. The fourth-order valence-electron chi connectivity index (χ4n) is 4.14. The number of furan rings is 1. The molecule has 3 aromatic rings. The quantitative estimate of drug-likeness (QED) is 0.431. The van der Waals surface area contributed by atoms with Gasteiger partial charge in [0, 0.05) is 39.6 Å². The molecule has 0 saturated carbocycles. The molecule has 0 atom stereocenters. The van der Waals surface area contributed by atoms with Crippen LogP contribution in [0.4, 0.5) is 8.78 Å². The Kier molecular flexibility index (Phi) is 3.39. The average molecular weight is 391 g/mol. The molecule has 1 aromatic carbocycles. The van der Waals surface area contributed by atoms with E-state index in [0.717, 1.165) is 34.5 Å². The highest BCUT2D eigenvalue weighted by atomic mass is 19.2. The minimum atomic E-state index is -1.16. The second kappa shape index (κ2) is 5.56. The molecule has 0 saturated heterocycles. The van der Waals surface area contributed by atoms with Crippen molar-refractivity contribution in [1.29, 1.82) is 0 Å². The SMILES string of the molecule is Cc1cc2c(cn1)-c1oc(C=C3C(=O)c4cc(F)c(F)cc4C3=O)cc1C2(C)C. The molecule has 4 nitrogen and oxygen atoms in total. The summed E-state index contributed by atoms with van der Waals surface area (Å²) in [5, 5.41) is 0. The monoisotopic (exact) mass is 391 g/mol. The summed E-state index contributed by atoms with van der Waals surface area (Å²) in [7, 11) is 0. The smallest absolute Gasteiger partial charge is 0.197 e. The molecule has 2 aliphatic rings. The maximum Gasteiger partial charge on any atom is 0.197 e. The first-order chi connectivity index (χ1) is 13.7. The van der Waals surface area contributed by atoms with E-state index in [9.17, 15) is 18.4 Å². The van der Waals surface area contributed by atoms with Crippen molar-refractivity contribution < 1.29 is 22.8 Å². The largest absolute Gasteiger partial charge is 0.456 e. The maximum absolute atomic E-state index is 13.5. The number of halogens is 2. The van der Waals surface area contributed by atoms with Crippen molar-refractivity contribution in [2.45, 2.75) is 26.2 Å². The predicted octanol–water partition coefficient (Wildman–Crippen LogP) is 5.03. The van der Waals surface area contributed by atoms with Gasteiger partial charge in [0.15, 0.2) is 23.2 Å². The number of hydrogen-bond donors (Lipinski definition) is 0. The van der Waals surface area contributed by atoms with Crippen molar-refractivity contribution in [3.63, 3.8) is 0 Å². The van der Waals surface area contributed by atoms with E-state index < -0.39 is 23.2 Å². The summed E-state index contributed by atoms with van der Waals surface area (Å²) in [5.41, 5.74) is 3.05. The van der Waals surface area contributed by atoms with E-state index in [-0.39, 0.29) is 22.1 Å². The molecule has 29 heavy (non-hydrogen) atoms. The maximum atomic E-state index is 13.5. The van der Waals surface area contributed by atoms with Crippen LogP contribution in [0, 0.1) is 18.6 Å². The van der Waals surface area contributed by atoms with Gasteiger partial charge >= 0.3 is 0 Å². The fourth-order valence-corrected chi connectivity index (χ4v) is 4.14. The van der Waals surface area contributed by atoms with Crippen LogP contribution in [-0.4, -0.2) is 16.6 Å². The first-order valence-electron chi connectivity index (χ1n) is 9.10. The third-order valence-electron chi connectivity index (χ3n) is 5.71. The molecule has 144 valence electrons. The molecule has 0 bridgehead atoms. The van der Waals surface area contributed by atoms with Crippen LogP contribution >= 0.6 is 0 Å². The average Bonchev–Trinajstić information content (AvgIpc) is 3.25. The lowest BCUT2D eigenvalue weighted by Gasteiger charge is -2.19. The van der Waals surface area contributed by atoms with Crippen LogP contribution in [0.3, 0.4) is 0 Å². The summed E-state index contributed by atoms with van der Waals surface area (Å²) < 4.78 is 33.0. The van der Waals surface area contributed by atoms with Gasteiger partial charge in [0.1, 0.15) is 11.5 Å². The highest BCUT2D eigenvalue weighted by Crippen LogP contribution is 2.50. The van der Waals surface area contributed by atoms with Gasteiger partial charge in [-0.15, -0.1) is 0 Å². The lowest BCUT2D eigenvalue weighted by Crippen LogP contribution is -2.14. The van der Waals surface area contributed by atoms with Gasteiger partial charge in [-0.25, -0.2) is 8.78 Å². The minimum Gasteiger partial charge on any atom is -0.456 e. The van der Waals surface area contributed by atoms with E-state index in [1.807, 2.05) is 13.0 Å². The minimum absolute atomic E-state index is 0.135. The Bertz CT molecular complexity index is 1250. The second-order valence-corrected chi connectivity index (χ2v) is 7.92. The molecule has 6 heteroatoms. The highest BCUT2D eigenvalue weighted by Gasteiger charge is 2.40. The molecule has 0 N–H and O–H groups in total. The lowest BCUT2D eigenvalue weighted by molar-refractivity contribution is 0.0990. The van der Waals surface area contributed by atoms with Gasteiger partial charge < -0.3 is 4.42 Å². The van der Waals surface area contributed by atoms with Crippen molar-refractivity contribution in [2.75, 3.05) is 0 Å². The molecule has 2 aromatic heterocycles. The van der Waals surface area contributed by atoms with Crippen LogP contribution in [0.15, 0.2) is 40.5 Å². The summed E-state index contributed by atoms with van der Waals surface area (Å²) in [5.74, 6) is -2.63. The molecule has 0 amide bonds. The Labute approximate surface area is 164 Å². The number of hydrogen-bond acceptors (Lipinski definition) is 4. The second-order valence-electron chi connectivity index (χ2n) is 7.92. The van der Waals surface area contributed by atoms with Crippen molar-refractivity contribution in [3.8, 4) is 11.3 Å². The Balaban J connectivity index is 1.61. The molecule has 5 rings (SSSR count). The number of pyridine rings is 1. The van der Waals surface area contributed by atoms with Gasteiger partial charge in [-0.05, 0) is 42.8 Å². The zero-order chi connectivity index (χ0) is 20.7. The topological polar surface area (TPSA) is 60.2 Å². The van der Waals surface area contributed by atoms with E-state index in [4.69, 9.17) is 4.42 Å². The van der Waals surface area contributed by atoms with Gasteiger partial charge in [0.2, 0.25) is 0 Å². The number of benzene rings is 1. The number of rotatable bonds is 1. The fraction of sp³-hybridized carbons (Fsp3) is 0.174. The number of carbonyl (C=O) groups is 2. The number of ketones is 2. The van der Waals surface area contributed by atoms with Gasteiger partial charge in [-0.3, -0.25) is 14.6 Å². The number of aromatic nitrogens is 1. The molecular formula is C23H15F2NO3. The zero-order valence-electron chi connectivity index (χ0n) is 15.9. The zero-order valence-corrected chi connectivity index (χ0v) is 15.9. The number of carbonyl (C=O) groups excluding carboxylic acids is 2. The molecule has 2 heterocycles. The third-order valence-corrected chi connectivity index (χ3v) is 5.71. The first kappa shape index (κ1) is 17.7. The summed E-state index contributed by atoms with van der Waals surface area (Å²) >= 11 is 0. The van der Waals surface area contributed by atoms with Gasteiger partial charge in [-0.2, -0.15) is 0 Å². The molecule has 0 aliphatic heterocycles. The lowest BCUT2D eigenvalue weighted by atomic mass is 9.83. The number of nitrogens with zero attached hydrogens (tertiary/aromatic N) is 1. The Hall–Kier alpha value is -3.41. The summed E-state index contributed by atoms with van der Waals surface area (Å²) in [4.78, 5) is 29.5. The van der Waals surface area contributed by atoms with Gasteiger partial charge in [0.25, 0.3) is 0 Å². The predicted molar refractivity (Wildman–Crippen MR) is 102 cm³/mol. The van der Waals surface area contributed by atoms with Crippen molar-refractivity contribution in [2.24, 2.45) is 0 Å². The van der Waals surface area contributed by atoms with Gasteiger partial charge in [-0.1, -0.05) is 13.8 Å². The van der Waals surface area contributed by atoms with E-state index in [2.05, 4.69) is 18.8 Å². The molecule has 2 aliphatic carbocycles. The summed E-state index contributed by atoms with van der Waals surface area (Å²) in [6, 6.07) is 5.34. The highest BCUT2D eigenvalue weighted by molar-refractivity contribution is 6.41. The normalized spacial score (nSPS) is 16.1.